The fourth-order valence-corrected chi connectivity index (χ4v) is 2.27. The number of hydrogen-bond acceptors (Lipinski definition) is 4. The summed E-state index contributed by atoms with van der Waals surface area (Å²) in [5.74, 6) is 0.602. The van der Waals surface area contributed by atoms with Crippen molar-refractivity contribution < 1.29 is 4.79 Å². The van der Waals surface area contributed by atoms with Crippen molar-refractivity contribution in [1.29, 1.82) is 0 Å². The van der Waals surface area contributed by atoms with Gasteiger partial charge in [0.1, 0.15) is 5.82 Å². The van der Waals surface area contributed by atoms with E-state index in [0.717, 1.165) is 31.6 Å². The highest BCUT2D eigenvalue weighted by Crippen LogP contribution is 2.20. The average Bonchev–Trinajstić information content (AvgIpc) is 2.61. The first kappa shape index (κ1) is 13.8. The minimum Gasteiger partial charge on any atom is -0.367 e. The van der Waals surface area contributed by atoms with Gasteiger partial charge in [0.15, 0.2) is 0 Å². The van der Waals surface area contributed by atoms with E-state index in [0.29, 0.717) is 11.4 Å². The molecule has 0 radical (unpaired) electrons. The summed E-state index contributed by atoms with van der Waals surface area (Å²) in [6.07, 6.45) is 1.84. The van der Waals surface area contributed by atoms with Crippen LogP contribution >= 0.6 is 0 Å². The molecule has 2 heterocycles. The SMILES string of the molecule is CNC(=O)c1cc2c(nc1NC(C)C)CCNCC2. The van der Waals surface area contributed by atoms with Crippen LogP contribution in [0.2, 0.25) is 0 Å². The fraction of sp³-hybridized carbons (Fsp3) is 0.571. The van der Waals surface area contributed by atoms with Crippen LogP contribution in [0.4, 0.5) is 5.82 Å². The summed E-state index contributed by atoms with van der Waals surface area (Å²) in [5.41, 5.74) is 2.91. The molecule has 19 heavy (non-hydrogen) atoms. The zero-order valence-corrected chi connectivity index (χ0v) is 11.8. The van der Waals surface area contributed by atoms with Gasteiger partial charge >= 0.3 is 0 Å². The van der Waals surface area contributed by atoms with Gasteiger partial charge in [-0.2, -0.15) is 0 Å². The third-order valence-corrected chi connectivity index (χ3v) is 3.20. The Bertz CT molecular complexity index is 471. The highest BCUT2D eigenvalue weighted by Gasteiger charge is 2.18. The Morgan fingerprint density at radius 2 is 2.11 bits per heavy atom. The Hall–Kier alpha value is -1.62. The second kappa shape index (κ2) is 6.02. The van der Waals surface area contributed by atoms with Crippen LogP contribution in [0.25, 0.3) is 0 Å². The lowest BCUT2D eigenvalue weighted by molar-refractivity contribution is 0.0963. The van der Waals surface area contributed by atoms with Crippen molar-refractivity contribution in [2.75, 3.05) is 25.5 Å². The van der Waals surface area contributed by atoms with E-state index in [1.165, 1.54) is 5.56 Å². The van der Waals surface area contributed by atoms with Crippen LogP contribution in [0.15, 0.2) is 6.07 Å². The van der Waals surface area contributed by atoms with Crippen LogP contribution in [-0.4, -0.2) is 37.1 Å². The first-order chi connectivity index (χ1) is 9.11. The number of hydrogen-bond donors (Lipinski definition) is 3. The van der Waals surface area contributed by atoms with Gasteiger partial charge in [-0.25, -0.2) is 4.98 Å². The second-order valence-corrected chi connectivity index (χ2v) is 5.12. The second-order valence-electron chi connectivity index (χ2n) is 5.12. The molecule has 2 rings (SSSR count). The predicted octanol–water partition coefficient (Wildman–Crippen LogP) is 0.950. The van der Waals surface area contributed by atoms with E-state index in [1.807, 2.05) is 19.9 Å². The van der Waals surface area contributed by atoms with Gasteiger partial charge in [-0.05, 0) is 38.4 Å². The maximum atomic E-state index is 12.0. The van der Waals surface area contributed by atoms with E-state index in [9.17, 15) is 4.79 Å². The number of carbonyl (C=O) groups is 1. The zero-order valence-electron chi connectivity index (χ0n) is 11.8. The van der Waals surface area contributed by atoms with Gasteiger partial charge < -0.3 is 16.0 Å². The summed E-state index contributed by atoms with van der Waals surface area (Å²) < 4.78 is 0. The smallest absolute Gasteiger partial charge is 0.254 e. The Kier molecular flexibility index (Phi) is 4.37. The third-order valence-electron chi connectivity index (χ3n) is 3.20. The minimum atomic E-state index is -0.0874. The lowest BCUT2D eigenvalue weighted by atomic mass is 10.0. The van der Waals surface area contributed by atoms with Crippen molar-refractivity contribution in [2.45, 2.75) is 32.7 Å². The zero-order chi connectivity index (χ0) is 13.8. The van der Waals surface area contributed by atoms with Crippen molar-refractivity contribution in [3.05, 3.63) is 22.9 Å². The minimum absolute atomic E-state index is 0.0874. The molecule has 0 bridgehead atoms. The molecule has 1 aromatic rings. The van der Waals surface area contributed by atoms with E-state index in [-0.39, 0.29) is 11.9 Å². The molecular formula is C14H22N4O. The number of amides is 1. The highest BCUT2D eigenvalue weighted by atomic mass is 16.1. The summed E-state index contributed by atoms with van der Waals surface area (Å²) in [7, 11) is 1.65. The molecule has 0 spiro atoms. The molecule has 5 nitrogen and oxygen atoms in total. The lowest BCUT2D eigenvalue weighted by Crippen LogP contribution is -2.23. The number of nitrogens with zero attached hydrogens (tertiary/aromatic N) is 1. The third kappa shape index (κ3) is 3.23. The van der Waals surface area contributed by atoms with E-state index < -0.39 is 0 Å². The number of carbonyl (C=O) groups excluding carboxylic acids is 1. The molecule has 5 heteroatoms. The Labute approximate surface area is 114 Å². The van der Waals surface area contributed by atoms with Gasteiger partial charge in [0.05, 0.1) is 5.56 Å². The summed E-state index contributed by atoms with van der Waals surface area (Å²) in [6.45, 7) is 5.98. The summed E-state index contributed by atoms with van der Waals surface area (Å²) >= 11 is 0. The molecule has 1 aliphatic rings. The molecule has 1 amide bonds. The monoisotopic (exact) mass is 262 g/mol. The number of rotatable bonds is 3. The van der Waals surface area contributed by atoms with Crippen LogP contribution in [0.1, 0.15) is 35.5 Å². The maximum absolute atomic E-state index is 12.0. The average molecular weight is 262 g/mol. The molecule has 0 saturated heterocycles. The summed E-state index contributed by atoms with van der Waals surface area (Å²) in [6, 6.07) is 2.23. The Balaban J connectivity index is 2.44. The fourth-order valence-electron chi connectivity index (χ4n) is 2.27. The number of pyridine rings is 1. The quantitative estimate of drug-likeness (QED) is 0.759. The number of anilines is 1. The molecular weight excluding hydrogens is 240 g/mol. The molecule has 0 saturated carbocycles. The van der Waals surface area contributed by atoms with Crippen molar-refractivity contribution in [2.24, 2.45) is 0 Å². The Morgan fingerprint density at radius 3 is 2.79 bits per heavy atom. The molecule has 0 aliphatic carbocycles. The van der Waals surface area contributed by atoms with Crippen LogP contribution in [0, 0.1) is 0 Å². The largest absolute Gasteiger partial charge is 0.367 e. The van der Waals surface area contributed by atoms with Gasteiger partial charge in [0.2, 0.25) is 0 Å². The van der Waals surface area contributed by atoms with Crippen molar-refractivity contribution >= 4 is 11.7 Å². The number of nitrogens with one attached hydrogen (secondary N) is 3. The van der Waals surface area contributed by atoms with E-state index in [4.69, 9.17) is 0 Å². The van der Waals surface area contributed by atoms with E-state index in [1.54, 1.807) is 7.05 Å². The van der Waals surface area contributed by atoms with Gasteiger partial charge in [0, 0.05) is 31.7 Å². The molecule has 0 aromatic carbocycles. The van der Waals surface area contributed by atoms with E-state index in [2.05, 4.69) is 20.9 Å². The van der Waals surface area contributed by atoms with Crippen LogP contribution in [-0.2, 0) is 12.8 Å². The van der Waals surface area contributed by atoms with Crippen LogP contribution in [0.3, 0.4) is 0 Å². The van der Waals surface area contributed by atoms with Crippen molar-refractivity contribution in [1.82, 2.24) is 15.6 Å². The Morgan fingerprint density at radius 1 is 1.37 bits per heavy atom. The molecule has 1 aliphatic heterocycles. The molecule has 104 valence electrons. The van der Waals surface area contributed by atoms with E-state index >= 15 is 0 Å². The molecule has 1 aromatic heterocycles. The van der Waals surface area contributed by atoms with Gasteiger partial charge in [-0.15, -0.1) is 0 Å². The number of fused-ring (bicyclic) bond motifs is 1. The molecule has 0 unspecified atom stereocenters. The lowest BCUT2D eigenvalue weighted by Gasteiger charge is -2.16. The van der Waals surface area contributed by atoms with Gasteiger partial charge in [-0.3, -0.25) is 4.79 Å². The standard InChI is InChI=1S/C14H22N4O/c1-9(2)17-13-11(14(19)15-3)8-10-4-6-16-7-5-12(10)18-13/h8-9,16H,4-7H2,1-3H3,(H,15,19)(H,17,18). The highest BCUT2D eigenvalue weighted by molar-refractivity contribution is 5.98. The number of aromatic nitrogens is 1. The van der Waals surface area contributed by atoms with Crippen LogP contribution < -0.4 is 16.0 Å². The van der Waals surface area contributed by atoms with Gasteiger partial charge in [-0.1, -0.05) is 0 Å². The van der Waals surface area contributed by atoms with Crippen molar-refractivity contribution in [3.8, 4) is 0 Å². The topological polar surface area (TPSA) is 66.0 Å². The van der Waals surface area contributed by atoms with Crippen LogP contribution in [0.5, 0.6) is 0 Å². The maximum Gasteiger partial charge on any atom is 0.254 e. The molecule has 0 atom stereocenters. The summed E-state index contributed by atoms with van der Waals surface area (Å²) in [4.78, 5) is 16.7. The van der Waals surface area contributed by atoms with Gasteiger partial charge in [0.25, 0.3) is 5.91 Å². The summed E-state index contributed by atoms with van der Waals surface area (Å²) in [5, 5.41) is 9.31. The first-order valence-electron chi connectivity index (χ1n) is 6.84. The van der Waals surface area contributed by atoms with Crippen molar-refractivity contribution in [3.63, 3.8) is 0 Å². The first-order valence-corrected chi connectivity index (χ1v) is 6.84. The molecule has 0 fully saturated rings. The molecule has 3 N–H and O–H groups in total. The predicted molar refractivity (Wildman–Crippen MR) is 76.7 cm³/mol. The normalized spacial score (nSPS) is 14.7.